The van der Waals surface area contributed by atoms with Crippen LogP contribution in [0.2, 0.25) is 0 Å². The van der Waals surface area contributed by atoms with Gasteiger partial charge in [-0.15, -0.1) is 0 Å². The fourth-order valence-electron chi connectivity index (χ4n) is 1.97. The number of benzene rings is 1. The maximum Gasteiger partial charge on any atom is 0.126 e. The van der Waals surface area contributed by atoms with Crippen LogP contribution in [-0.2, 0) is 0 Å². The maximum absolute atomic E-state index is 5.60. The summed E-state index contributed by atoms with van der Waals surface area (Å²) in [5, 5.41) is 4.05. The number of aryl methyl sites for hydroxylation is 1. The Morgan fingerprint density at radius 3 is 2.44 bits per heavy atom. The van der Waals surface area contributed by atoms with Gasteiger partial charge in [0.25, 0.3) is 0 Å². The molecule has 1 rings (SSSR count). The summed E-state index contributed by atoms with van der Waals surface area (Å²) in [7, 11) is 3.77. The minimum absolute atomic E-state index is 0.339. The zero-order valence-electron chi connectivity index (χ0n) is 12.3. The van der Waals surface area contributed by atoms with Crippen molar-refractivity contribution in [3.05, 3.63) is 28.8 Å². The summed E-state index contributed by atoms with van der Waals surface area (Å²) >= 11 is 1.97. The lowest BCUT2D eigenvalue weighted by atomic mass is 10.00. The number of thioether (sulfide) groups is 1. The third-order valence-electron chi connectivity index (χ3n) is 3.23. The van der Waals surface area contributed by atoms with Crippen LogP contribution >= 0.6 is 11.8 Å². The highest BCUT2D eigenvalue weighted by atomic mass is 32.2. The van der Waals surface area contributed by atoms with Gasteiger partial charge in [0, 0.05) is 17.4 Å². The van der Waals surface area contributed by atoms with Gasteiger partial charge in [-0.25, -0.2) is 0 Å². The minimum atomic E-state index is 0.339. The molecule has 0 saturated heterocycles. The molecule has 0 aliphatic carbocycles. The summed E-state index contributed by atoms with van der Waals surface area (Å²) in [5.74, 6) is 2.09. The second kappa shape index (κ2) is 7.05. The molecule has 0 radical (unpaired) electrons. The molecule has 102 valence electrons. The standard InChI is InChI=1S/C15H25NOS/c1-10(2)18-9-14(16-5)13-8-7-11(3)12(4)15(13)17-6/h7-8,10,14,16H,9H2,1-6H3. The van der Waals surface area contributed by atoms with Crippen molar-refractivity contribution in [2.45, 2.75) is 39.0 Å². The van der Waals surface area contributed by atoms with E-state index in [1.165, 1.54) is 16.7 Å². The molecule has 0 aromatic heterocycles. The molecule has 18 heavy (non-hydrogen) atoms. The van der Waals surface area contributed by atoms with E-state index in [1.807, 2.05) is 18.8 Å². The van der Waals surface area contributed by atoms with E-state index < -0.39 is 0 Å². The molecule has 1 unspecified atom stereocenters. The van der Waals surface area contributed by atoms with E-state index in [1.54, 1.807) is 7.11 Å². The Kier molecular flexibility index (Phi) is 6.03. The van der Waals surface area contributed by atoms with E-state index in [4.69, 9.17) is 4.74 Å². The second-order valence-corrected chi connectivity index (χ2v) is 6.46. The molecule has 1 aromatic carbocycles. The molecule has 0 bridgehead atoms. The molecule has 0 spiro atoms. The first-order valence-electron chi connectivity index (χ1n) is 6.44. The van der Waals surface area contributed by atoms with Gasteiger partial charge in [0.15, 0.2) is 0 Å². The largest absolute Gasteiger partial charge is 0.496 e. The Morgan fingerprint density at radius 2 is 1.94 bits per heavy atom. The van der Waals surface area contributed by atoms with Crippen LogP contribution in [0.4, 0.5) is 0 Å². The summed E-state index contributed by atoms with van der Waals surface area (Å²) in [6.07, 6.45) is 0. The first kappa shape index (κ1) is 15.4. The predicted octanol–water partition coefficient (Wildman–Crippen LogP) is 3.71. The fourth-order valence-corrected chi connectivity index (χ4v) is 2.90. The highest BCUT2D eigenvalue weighted by molar-refractivity contribution is 7.99. The fraction of sp³-hybridized carbons (Fsp3) is 0.600. The van der Waals surface area contributed by atoms with E-state index in [0.717, 1.165) is 11.5 Å². The molecule has 0 aliphatic rings. The average Bonchev–Trinajstić information content (AvgIpc) is 2.34. The lowest BCUT2D eigenvalue weighted by Crippen LogP contribution is -2.20. The van der Waals surface area contributed by atoms with Gasteiger partial charge >= 0.3 is 0 Å². The second-order valence-electron chi connectivity index (χ2n) is 4.85. The zero-order chi connectivity index (χ0) is 13.7. The molecule has 2 nitrogen and oxygen atoms in total. The van der Waals surface area contributed by atoms with E-state index in [9.17, 15) is 0 Å². The minimum Gasteiger partial charge on any atom is -0.496 e. The summed E-state index contributed by atoms with van der Waals surface area (Å²) in [6.45, 7) is 8.71. The quantitative estimate of drug-likeness (QED) is 0.849. The van der Waals surface area contributed by atoms with Crippen molar-refractivity contribution in [1.29, 1.82) is 0 Å². The molecular formula is C15H25NOS. The SMILES string of the molecule is CNC(CSC(C)C)c1ccc(C)c(C)c1OC. The highest BCUT2D eigenvalue weighted by Gasteiger charge is 2.17. The van der Waals surface area contributed by atoms with Gasteiger partial charge in [0.1, 0.15) is 5.75 Å². The van der Waals surface area contributed by atoms with Crippen molar-refractivity contribution in [2.75, 3.05) is 19.9 Å². The third-order valence-corrected chi connectivity index (χ3v) is 4.42. The van der Waals surface area contributed by atoms with Gasteiger partial charge in [-0.2, -0.15) is 11.8 Å². The molecule has 0 aliphatic heterocycles. The van der Waals surface area contributed by atoms with E-state index in [2.05, 4.69) is 45.1 Å². The van der Waals surface area contributed by atoms with Gasteiger partial charge in [-0.05, 0) is 37.3 Å². The van der Waals surface area contributed by atoms with Crippen molar-refractivity contribution < 1.29 is 4.74 Å². The number of methoxy groups -OCH3 is 1. The normalized spacial score (nSPS) is 12.8. The van der Waals surface area contributed by atoms with E-state index >= 15 is 0 Å². The van der Waals surface area contributed by atoms with Gasteiger partial charge in [0.2, 0.25) is 0 Å². The Balaban J connectivity index is 3.01. The lowest BCUT2D eigenvalue weighted by molar-refractivity contribution is 0.400. The Hall–Kier alpha value is -0.670. The molecule has 0 saturated carbocycles. The van der Waals surface area contributed by atoms with Gasteiger partial charge in [0.05, 0.1) is 7.11 Å². The number of hydrogen-bond acceptors (Lipinski definition) is 3. The molecule has 1 aromatic rings. The average molecular weight is 267 g/mol. The monoisotopic (exact) mass is 267 g/mol. The third kappa shape index (κ3) is 3.66. The molecule has 0 fully saturated rings. The van der Waals surface area contributed by atoms with Crippen LogP contribution in [0, 0.1) is 13.8 Å². The van der Waals surface area contributed by atoms with Crippen molar-refractivity contribution in [2.24, 2.45) is 0 Å². The van der Waals surface area contributed by atoms with Crippen molar-refractivity contribution >= 4 is 11.8 Å². The molecule has 0 amide bonds. The van der Waals surface area contributed by atoms with Crippen LogP contribution in [0.3, 0.4) is 0 Å². The van der Waals surface area contributed by atoms with Crippen LogP contribution in [-0.4, -0.2) is 25.2 Å². The number of nitrogens with one attached hydrogen (secondary N) is 1. The predicted molar refractivity (Wildman–Crippen MR) is 81.9 cm³/mol. The lowest BCUT2D eigenvalue weighted by Gasteiger charge is -2.22. The Morgan fingerprint density at radius 1 is 1.28 bits per heavy atom. The van der Waals surface area contributed by atoms with E-state index in [0.29, 0.717) is 11.3 Å². The van der Waals surface area contributed by atoms with Gasteiger partial charge in [-0.1, -0.05) is 26.0 Å². The first-order chi connectivity index (χ1) is 8.51. The molecule has 3 heteroatoms. The van der Waals surface area contributed by atoms with Gasteiger partial charge in [-0.3, -0.25) is 0 Å². The Bertz CT molecular complexity index is 390. The summed E-state index contributed by atoms with van der Waals surface area (Å²) < 4.78 is 5.60. The topological polar surface area (TPSA) is 21.3 Å². The van der Waals surface area contributed by atoms with Crippen LogP contribution in [0.15, 0.2) is 12.1 Å². The van der Waals surface area contributed by atoms with Crippen LogP contribution < -0.4 is 10.1 Å². The zero-order valence-corrected chi connectivity index (χ0v) is 13.1. The molecule has 0 heterocycles. The number of ether oxygens (including phenoxy) is 1. The molecule has 1 atom stereocenters. The number of hydrogen-bond donors (Lipinski definition) is 1. The first-order valence-corrected chi connectivity index (χ1v) is 7.49. The smallest absolute Gasteiger partial charge is 0.126 e. The highest BCUT2D eigenvalue weighted by Crippen LogP contribution is 2.32. The van der Waals surface area contributed by atoms with E-state index in [-0.39, 0.29) is 0 Å². The summed E-state index contributed by atoms with van der Waals surface area (Å²) in [4.78, 5) is 0. The molecule has 1 N–H and O–H groups in total. The van der Waals surface area contributed by atoms with Crippen molar-refractivity contribution in [3.8, 4) is 5.75 Å². The molecular weight excluding hydrogens is 242 g/mol. The van der Waals surface area contributed by atoms with Crippen LogP contribution in [0.25, 0.3) is 0 Å². The maximum atomic E-state index is 5.60. The summed E-state index contributed by atoms with van der Waals surface area (Å²) in [6, 6.07) is 4.70. The summed E-state index contributed by atoms with van der Waals surface area (Å²) in [5.41, 5.74) is 3.78. The van der Waals surface area contributed by atoms with Crippen molar-refractivity contribution in [3.63, 3.8) is 0 Å². The van der Waals surface area contributed by atoms with Crippen LogP contribution in [0.1, 0.15) is 36.6 Å². The van der Waals surface area contributed by atoms with Gasteiger partial charge < -0.3 is 10.1 Å². The van der Waals surface area contributed by atoms with Crippen molar-refractivity contribution in [1.82, 2.24) is 5.32 Å². The number of rotatable bonds is 6. The Labute approximate surface area is 116 Å². The van der Waals surface area contributed by atoms with Crippen LogP contribution in [0.5, 0.6) is 5.75 Å².